The molecule has 1 atom stereocenters. The van der Waals surface area contributed by atoms with E-state index in [9.17, 15) is 5.11 Å². The monoisotopic (exact) mass is 210 g/mol. The van der Waals surface area contributed by atoms with Crippen LogP contribution in [0.2, 0.25) is 0 Å². The minimum Gasteiger partial charge on any atom is -0.396 e. The molecule has 2 heterocycles. The molecule has 1 aromatic rings. The Morgan fingerprint density at radius 3 is 2.93 bits per heavy atom. The topological polar surface area (TPSA) is 84.5 Å². The lowest BCUT2D eigenvalue weighted by Gasteiger charge is -2.34. The van der Waals surface area contributed by atoms with Crippen molar-refractivity contribution in [3.05, 3.63) is 12.4 Å². The van der Waals surface area contributed by atoms with Gasteiger partial charge in [-0.15, -0.1) is 0 Å². The van der Waals surface area contributed by atoms with Gasteiger partial charge in [0.25, 0.3) is 0 Å². The van der Waals surface area contributed by atoms with Gasteiger partial charge in [0.05, 0.1) is 43.9 Å². The third-order valence-corrected chi connectivity index (χ3v) is 2.35. The Hall–Kier alpha value is -1.40. The number of nitrogens with zero attached hydrogens (tertiary/aromatic N) is 3. The molecule has 0 saturated carbocycles. The molecule has 0 radical (unpaired) electrons. The molecule has 0 aromatic carbocycles. The fourth-order valence-electron chi connectivity index (χ4n) is 1.55. The molecule has 0 aliphatic carbocycles. The summed E-state index contributed by atoms with van der Waals surface area (Å²) in [4.78, 5) is 10.2. The van der Waals surface area contributed by atoms with Gasteiger partial charge in [0.1, 0.15) is 0 Å². The molecule has 3 N–H and O–H groups in total. The largest absolute Gasteiger partial charge is 0.396 e. The van der Waals surface area contributed by atoms with Crippen LogP contribution >= 0.6 is 0 Å². The Bertz CT molecular complexity index is 316. The van der Waals surface area contributed by atoms with E-state index in [4.69, 9.17) is 10.5 Å². The molecule has 6 nitrogen and oxygen atoms in total. The van der Waals surface area contributed by atoms with Crippen molar-refractivity contribution in [2.45, 2.75) is 6.04 Å². The summed E-state index contributed by atoms with van der Waals surface area (Å²) < 4.78 is 5.27. The maximum absolute atomic E-state index is 9.18. The van der Waals surface area contributed by atoms with E-state index in [0.717, 1.165) is 0 Å². The quantitative estimate of drug-likeness (QED) is 0.668. The smallest absolute Gasteiger partial charge is 0.225 e. The second-order valence-corrected chi connectivity index (χ2v) is 3.42. The lowest BCUT2D eigenvalue weighted by atomic mass is 10.2. The molecule has 1 aromatic heterocycles. The Morgan fingerprint density at radius 1 is 1.53 bits per heavy atom. The number of ether oxygens (including phenoxy) is 1. The predicted molar refractivity (Wildman–Crippen MR) is 55.5 cm³/mol. The van der Waals surface area contributed by atoms with Crippen LogP contribution in [0.1, 0.15) is 0 Å². The molecule has 0 amide bonds. The van der Waals surface area contributed by atoms with E-state index in [1.165, 1.54) is 0 Å². The van der Waals surface area contributed by atoms with Crippen LogP contribution in [0, 0.1) is 0 Å². The van der Waals surface area contributed by atoms with E-state index in [1.54, 1.807) is 12.4 Å². The van der Waals surface area contributed by atoms with Gasteiger partial charge in [0.2, 0.25) is 5.95 Å². The number of hydrogen-bond donors (Lipinski definition) is 2. The maximum Gasteiger partial charge on any atom is 0.225 e. The molecular weight excluding hydrogens is 196 g/mol. The highest BCUT2D eigenvalue weighted by molar-refractivity contribution is 5.39. The zero-order valence-corrected chi connectivity index (χ0v) is 8.33. The zero-order chi connectivity index (χ0) is 10.7. The van der Waals surface area contributed by atoms with Gasteiger partial charge in [-0.25, -0.2) is 9.97 Å². The Morgan fingerprint density at radius 2 is 2.27 bits per heavy atom. The first-order valence-corrected chi connectivity index (χ1v) is 4.84. The molecule has 0 spiro atoms. The molecule has 2 rings (SSSR count). The summed E-state index contributed by atoms with van der Waals surface area (Å²) >= 11 is 0. The number of aromatic nitrogens is 2. The molecule has 82 valence electrons. The molecule has 6 heteroatoms. The summed E-state index contributed by atoms with van der Waals surface area (Å²) in [5, 5.41) is 9.18. The first-order valence-electron chi connectivity index (χ1n) is 4.84. The van der Waals surface area contributed by atoms with E-state index < -0.39 is 0 Å². The van der Waals surface area contributed by atoms with Crippen molar-refractivity contribution in [2.24, 2.45) is 0 Å². The van der Waals surface area contributed by atoms with Gasteiger partial charge in [-0.1, -0.05) is 0 Å². The van der Waals surface area contributed by atoms with Crippen molar-refractivity contribution < 1.29 is 9.84 Å². The predicted octanol–water partition coefficient (Wildman–Crippen LogP) is -0.744. The first kappa shape index (κ1) is 10.1. The summed E-state index contributed by atoms with van der Waals surface area (Å²) in [6, 6.07) is -0.0672. The zero-order valence-electron chi connectivity index (χ0n) is 8.33. The van der Waals surface area contributed by atoms with Gasteiger partial charge in [-0.05, 0) is 0 Å². The van der Waals surface area contributed by atoms with Crippen molar-refractivity contribution in [1.29, 1.82) is 0 Å². The molecule has 0 bridgehead atoms. The molecular formula is C9H14N4O2. The molecule has 1 saturated heterocycles. The number of nitrogens with two attached hydrogens (primary N) is 1. The normalized spacial score (nSPS) is 21.7. The van der Waals surface area contributed by atoms with Gasteiger partial charge >= 0.3 is 0 Å². The van der Waals surface area contributed by atoms with E-state index in [1.807, 2.05) is 4.90 Å². The second-order valence-electron chi connectivity index (χ2n) is 3.42. The lowest BCUT2D eigenvalue weighted by molar-refractivity contribution is 0.0718. The highest BCUT2D eigenvalue weighted by Crippen LogP contribution is 2.14. The molecule has 1 aliphatic rings. The van der Waals surface area contributed by atoms with E-state index in [2.05, 4.69) is 9.97 Å². The number of aliphatic hydroxyl groups excluding tert-OH is 1. The Kier molecular flexibility index (Phi) is 2.98. The molecule has 15 heavy (non-hydrogen) atoms. The van der Waals surface area contributed by atoms with Crippen LogP contribution in [-0.4, -0.2) is 47.5 Å². The fourth-order valence-corrected chi connectivity index (χ4v) is 1.55. The standard InChI is InChI=1S/C9H14N4O2/c10-7-3-11-9(12-4-7)13-1-2-15-6-8(13)5-14/h3-4,8,14H,1-2,5-6,10H2. The number of hydrogen-bond acceptors (Lipinski definition) is 6. The minimum absolute atomic E-state index is 0.0355. The van der Waals surface area contributed by atoms with Crippen LogP contribution in [0.15, 0.2) is 12.4 Å². The summed E-state index contributed by atoms with van der Waals surface area (Å²) in [6.07, 6.45) is 3.12. The number of aliphatic hydroxyl groups is 1. The number of morpholine rings is 1. The van der Waals surface area contributed by atoms with Crippen LogP contribution in [0.5, 0.6) is 0 Å². The van der Waals surface area contributed by atoms with Crippen molar-refractivity contribution >= 4 is 11.6 Å². The third-order valence-electron chi connectivity index (χ3n) is 2.35. The first-order chi connectivity index (χ1) is 7.31. The summed E-state index contributed by atoms with van der Waals surface area (Å²) in [7, 11) is 0. The second kappa shape index (κ2) is 4.41. The van der Waals surface area contributed by atoms with Crippen LogP contribution in [-0.2, 0) is 4.74 Å². The highest BCUT2D eigenvalue weighted by Gasteiger charge is 2.24. The number of anilines is 2. The summed E-state index contributed by atoms with van der Waals surface area (Å²) in [5.41, 5.74) is 6.04. The molecule has 1 aliphatic heterocycles. The van der Waals surface area contributed by atoms with Gasteiger partial charge in [0.15, 0.2) is 0 Å². The van der Waals surface area contributed by atoms with E-state index in [0.29, 0.717) is 31.4 Å². The summed E-state index contributed by atoms with van der Waals surface area (Å²) in [5.74, 6) is 0.589. The molecule has 1 fully saturated rings. The van der Waals surface area contributed by atoms with Crippen LogP contribution in [0.4, 0.5) is 11.6 Å². The SMILES string of the molecule is Nc1cnc(N2CCOCC2CO)nc1. The van der Waals surface area contributed by atoms with Crippen molar-refractivity contribution in [3.8, 4) is 0 Å². The number of rotatable bonds is 2. The lowest BCUT2D eigenvalue weighted by Crippen LogP contribution is -2.48. The Labute approximate surface area is 87.7 Å². The average Bonchev–Trinajstić information content (AvgIpc) is 2.30. The minimum atomic E-state index is -0.0672. The van der Waals surface area contributed by atoms with Crippen molar-refractivity contribution in [1.82, 2.24) is 9.97 Å². The maximum atomic E-state index is 9.18. The highest BCUT2D eigenvalue weighted by atomic mass is 16.5. The third kappa shape index (κ3) is 2.16. The van der Waals surface area contributed by atoms with Crippen LogP contribution in [0.25, 0.3) is 0 Å². The fraction of sp³-hybridized carbons (Fsp3) is 0.556. The van der Waals surface area contributed by atoms with Crippen molar-refractivity contribution in [3.63, 3.8) is 0 Å². The van der Waals surface area contributed by atoms with Gasteiger partial charge in [-0.3, -0.25) is 0 Å². The molecule has 1 unspecified atom stereocenters. The Balaban J connectivity index is 2.16. The van der Waals surface area contributed by atoms with Gasteiger partial charge in [-0.2, -0.15) is 0 Å². The van der Waals surface area contributed by atoms with E-state index in [-0.39, 0.29) is 12.6 Å². The van der Waals surface area contributed by atoms with Crippen LogP contribution < -0.4 is 10.6 Å². The number of nitrogen functional groups attached to an aromatic ring is 1. The van der Waals surface area contributed by atoms with Gasteiger partial charge < -0.3 is 20.5 Å². The average molecular weight is 210 g/mol. The van der Waals surface area contributed by atoms with Gasteiger partial charge in [0, 0.05) is 6.54 Å². The summed E-state index contributed by atoms with van der Waals surface area (Å²) in [6.45, 7) is 1.86. The van der Waals surface area contributed by atoms with E-state index >= 15 is 0 Å². The van der Waals surface area contributed by atoms with Crippen LogP contribution in [0.3, 0.4) is 0 Å². The van der Waals surface area contributed by atoms with Crippen molar-refractivity contribution in [2.75, 3.05) is 37.0 Å².